The summed E-state index contributed by atoms with van der Waals surface area (Å²) in [6.45, 7) is 2.26. The molecule has 2 atom stereocenters. The molecule has 0 radical (unpaired) electrons. The second-order valence-corrected chi connectivity index (χ2v) is 5.56. The first-order valence-electron chi connectivity index (χ1n) is 7.27. The Morgan fingerprint density at radius 3 is 2.76 bits per heavy atom. The van der Waals surface area contributed by atoms with Crippen LogP contribution in [0.2, 0.25) is 0 Å². The fourth-order valence-corrected chi connectivity index (χ4v) is 2.85. The highest BCUT2D eigenvalue weighted by atomic mass is 19.1. The molecule has 1 aromatic carbocycles. The number of hydrogen-bond acceptors (Lipinski definition) is 2. The van der Waals surface area contributed by atoms with Crippen molar-refractivity contribution in [1.82, 2.24) is 4.90 Å². The van der Waals surface area contributed by atoms with Crippen molar-refractivity contribution in [2.75, 3.05) is 6.54 Å². The largest absolute Gasteiger partial charge is 0.480 e. The second-order valence-electron chi connectivity index (χ2n) is 5.56. The summed E-state index contributed by atoms with van der Waals surface area (Å²) in [5.74, 6) is -1.76. The molecule has 4 nitrogen and oxygen atoms in total. The van der Waals surface area contributed by atoms with E-state index in [2.05, 4.69) is 0 Å². The van der Waals surface area contributed by atoms with Crippen LogP contribution in [0.15, 0.2) is 24.3 Å². The van der Waals surface area contributed by atoms with Crippen molar-refractivity contribution in [2.24, 2.45) is 0 Å². The standard InChI is InChI=1S/C16H20FNO3/c1-11(12-6-2-3-7-13(12)17)10-15(19)18-9-5-4-8-14(18)16(20)21/h2-3,6-7,11,14H,4-5,8-10H2,1H3,(H,20,21)/t11-,14-/m1/s1. The number of piperidine rings is 1. The zero-order chi connectivity index (χ0) is 15.4. The number of carbonyl (C=O) groups excluding carboxylic acids is 1. The minimum absolute atomic E-state index is 0.130. The third kappa shape index (κ3) is 3.60. The Morgan fingerprint density at radius 1 is 1.38 bits per heavy atom. The summed E-state index contributed by atoms with van der Waals surface area (Å²) in [6.07, 6.45) is 2.27. The van der Waals surface area contributed by atoms with Crippen LogP contribution in [0.25, 0.3) is 0 Å². The Labute approximate surface area is 123 Å². The van der Waals surface area contributed by atoms with Crippen LogP contribution in [0.1, 0.15) is 44.1 Å². The highest BCUT2D eigenvalue weighted by Gasteiger charge is 2.32. The lowest BCUT2D eigenvalue weighted by Crippen LogP contribution is -2.48. The highest BCUT2D eigenvalue weighted by molar-refractivity contribution is 5.84. The first-order valence-corrected chi connectivity index (χ1v) is 7.27. The quantitative estimate of drug-likeness (QED) is 0.928. The molecule has 1 aliphatic heterocycles. The molecule has 1 N–H and O–H groups in total. The molecular formula is C16H20FNO3. The van der Waals surface area contributed by atoms with Gasteiger partial charge in [0, 0.05) is 13.0 Å². The maximum atomic E-state index is 13.7. The number of halogens is 1. The van der Waals surface area contributed by atoms with Gasteiger partial charge in [-0.15, -0.1) is 0 Å². The minimum Gasteiger partial charge on any atom is -0.480 e. The third-order valence-electron chi connectivity index (χ3n) is 4.03. The van der Waals surface area contributed by atoms with Crippen molar-refractivity contribution in [1.29, 1.82) is 0 Å². The van der Waals surface area contributed by atoms with Gasteiger partial charge in [0.15, 0.2) is 0 Å². The van der Waals surface area contributed by atoms with Crippen molar-refractivity contribution >= 4 is 11.9 Å². The van der Waals surface area contributed by atoms with Gasteiger partial charge in [-0.05, 0) is 36.8 Å². The average Bonchev–Trinajstić information content (AvgIpc) is 2.47. The summed E-state index contributed by atoms with van der Waals surface area (Å²) < 4.78 is 13.7. The topological polar surface area (TPSA) is 57.6 Å². The Morgan fingerprint density at radius 2 is 2.10 bits per heavy atom. The number of carboxylic acids is 1. The van der Waals surface area contributed by atoms with Crippen molar-refractivity contribution in [3.63, 3.8) is 0 Å². The van der Waals surface area contributed by atoms with E-state index < -0.39 is 12.0 Å². The van der Waals surface area contributed by atoms with Crippen molar-refractivity contribution in [2.45, 2.75) is 44.6 Å². The molecule has 21 heavy (non-hydrogen) atoms. The Kier molecular flexibility index (Phi) is 4.94. The van der Waals surface area contributed by atoms with Gasteiger partial charge >= 0.3 is 5.97 Å². The number of aliphatic carboxylic acids is 1. The minimum atomic E-state index is -0.957. The van der Waals surface area contributed by atoms with E-state index in [4.69, 9.17) is 0 Å². The molecule has 2 rings (SSSR count). The molecule has 1 aromatic rings. The van der Waals surface area contributed by atoms with E-state index in [9.17, 15) is 19.1 Å². The number of hydrogen-bond donors (Lipinski definition) is 1. The first-order chi connectivity index (χ1) is 10.0. The lowest BCUT2D eigenvalue weighted by molar-refractivity contribution is -0.152. The first kappa shape index (κ1) is 15.5. The molecule has 0 aromatic heterocycles. The van der Waals surface area contributed by atoms with Gasteiger partial charge in [0.1, 0.15) is 11.9 Å². The molecular weight excluding hydrogens is 273 g/mol. The van der Waals surface area contributed by atoms with Crippen LogP contribution < -0.4 is 0 Å². The van der Waals surface area contributed by atoms with Crippen LogP contribution in [0.5, 0.6) is 0 Å². The van der Waals surface area contributed by atoms with Gasteiger partial charge in [0.05, 0.1) is 0 Å². The van der Waals surface area contributed by atoms with Gasteiger partial charge in [-0.2, -0.15) is 0 Å². The maximum Gasteiger partial charge on any atom is 0.326 e. The molecule has 5 heteroatoms. The van der Waals surface area contributed by atoms with Crippen LogP contribution in [0, 0.1) is 5.82 Å². The molecule has 0 bridgehead atoms. The molecule has 0 aliphatic carbocycles. The molecule has 1 heterocycles. The van der Waals surface area contributed by atoms with Crippen molar-refractivity contribution < 1.29 is 19.1 Å². The molecule has 0 spiro atoms. The van der Waals surface area contributed by atoms with Crippen molar-refractivity contribution in [3.8, 4) is 0 Å². The Balaban J connectivity index is 2.06. The smallest absolute Gasteiger partial charge is 0.326 e. The summed E-state index contributed by atoms with van der Waals surface area (Å²) in [5, 5.41) is 9.20. The summed E-state index contributed by atoms with van der Waals surface area (Å²) in [7, 11) is 0. The number of benzene rings is 1. The highest BCUT2D eigenvalue weighted by Crippen LogP contribution is 2.25. The van der Waals surface area contributed by atoms with Gasteiger partial charge in [0.25, 0.3) is 0 Å². The summed E-state index contributed by atoms with van der Waals surface area (Å²) in [5.41, 5.74) is 0.495. The Bertz CT molecular complexity index is 532. The van der Waals surface area contributed by atoms with Gasteiger partial charge in [-0.25, -0.2) is 9.18 Å². The fraction of sp³-hybridized carbons (Fsp3) is 0.500. The molecule has 1 aliphatic rings. The second kappa shape index (κ2) is 6.70. The summed E-state index contributed by atoms with van der Waals surface area (Å²) >= 11 is 0. The number of carboxylic acid groups (broad SMARTS) is 1. The van der Waals surface area contributed by atoms with Crippen molar-refractivity contribution in [3.05, 3.63) is 35.6 Å². The third-order valence-corrected chi connectivity index (χ3v) is 4.03. The van der Waals surface area contributed by atoms with Crippen LogP contribution in [-0.2, 0) is 9.59 Å². The SMILES string of the molecule is C[C@H](CC(=O)N1CCCC[C@@H]1C(=O)O)c1ccccc1F. The van der Waals surface area contributed by atoms with Gasteiger partial charge in [-0.1, -0.05) is 25.1 Å². The summed E-state index contributed by atoms with van der Waals surface area (Å²) in [6, 6.07) is 5.65. The van der Waals surface area contributed by atoms with Crippen LogP contribution in [-0.4, -0.2) is 34.5 Å². The normalized spacial score (nSPS) is 20.1. The molecule has 1 saturated heterocycles. The molecule has 0 unspecified atom stereocenters. The predicted octanol–water partition coefficient (Wildman–Crippen LogP) is 2.79. The van der Waals surface area contributed by atoms with E-state index in [0.29, 0.717) is 18.5 Å². The molecule has 1 fully saturated rings. The molecule has 114 valence electrons. The maximum absolute atomic E-state index is 13.7. The van der Waals surface area contributed by atoms with Crippen LogP contribution >= 0.6 is 0 Å². The zero-order valence-corrected chi connectivity index (χ0v) is 12.1. The fourth-order valence-electron chi connectivity index (χ4n) is 2.85. The van der Waals surface area contributed by atoms with Gasteiger partial charge in [0.2, 0.25) is 5.91 Å². The van der Waals surface area contributed by atoms with E-state index in [-0.39, 0.29) is 24.1 Å². The van der Waals surface area contributed by atoms with Gasteiger partial charge < -0.3 is 10.0 Å². The Hall–Kier alpha value is -1.91. The predicted molar refractivity (Wildman–Crippen MR) is 76.4 cm³/mol. The summed E-state index contributed by atoms with van der Waals surface area (Å²) in [4.78, 5) is 25.0. The lowest BCUT2D eigenvalue weighted by Gasteiger charge is -2.33. The van der Waals surface area contributed by atoms with E-state index in [1.165, 1.54) is 11.0 Å². The van der Waals surface area contributed by atoms with E-state index in [1.807, 2.05) is 0 Å². The van der Waals surface area contributed by atoms with E-state index >= 15 is 0 Å². The number of nitrogens with zero attached hydrogens (tertiary/aromatic N) is 1. The van der Waals surface area contributed by atoms with E-state index in [0.717, 1.165) is 12.8 Å². The van der Waals surface area contributed by atoms with Crippen LogP contribution in [0.4, 0.5) is 4.39 Å². The average molecular weight is 293 g/mol. The number of amides is 1. The molecule has 1 amide bonds. The molecule has 0 saturated carbocycles. The number of likely N-dealkylation sites (tertiary alicyclic amines) is 1. The van der Waals surface area contributed by atoms with Crippen LogP contribution in [0.3, 0.4) is 0 Å². The lowest BCUT2D eigenvalue weighted by atomic mass is 9.95. The zero-order valence-electron chi connectivity index (χ0n) is 12.1. The monoisotopic (exact) mass is 293 g/mol. The number of rotatable bonds is 4. The van der Waals surface area contributed by atoms with Gasteiger partial charge in [-0.3, -0.25) is 4.79 Å². The van der Waals surface area contributed by atoms with E-state index in [1.54, 1.807) is 25.1 Å². The number of carbonyl (C=O) groups is 2.